The van der Waals surface area contributed by atoms with Gasteiger partial charge in [-0.2, -0.15) is 0 Å². The minimum Gasteiger partial charge on any atom is -0.369 e. The van der Waals surface area contributed by atoms with Gasteiger partial charge in [0, 0.05) is 12.4 Å². The van der Waals surface area contributed by atoms with Crippen molar-refractivity contribution in [3.8, 4) is 5.69 Å². The number of nitrogens with two attached hydrogens (primary N) is 1. The Kier molecular flexibility index (Phi) is 4.89. The van der Waals surface area contributed by atoms with Crippen molar-refractivity contribution >= 4 is 18.4 Å². The summed E-state index contributed by atoms with van der Waals surface area (Å²) in [4.78, 5) is 3.88. The normalized spacial score (nSPS) is 10.8. The fourth-order valence-corrected chi connectivity index (χ4v) is 1.99. The molecule has 0 radical (unpaired) electrons. The maximum absolute atomic E-state index is 13.3. The Labute approximate surface area is 135 Å². The summed E-state index contributed by atoms with van der Waals surface area (Å²) in [6, 6.07) is 3.38. The Morgan fingerprint density at radius 1 is 1.26 bits per heavy atom. The molecule has 0 amide bonds. The van der Waals surface area contributed by atoms with Gasteiger partial charge in [0.1, 0.15) is 11.5 Å². The van der Waals surface area contributed by atoms with Crippen molar-refractivity contribution in [2.24, 2.45) is 0 Å². The van der Waals surface area contributed by atoms with Crippen molar-refractivity contribution in [1.29, 1.82) is 0 Å². The molecule has 0 saturated heterocycles. The predicted molar refractivity (Wildman–Crippen MR) is 79.3 cm³/mol. The Morgan fingerprint density at radius 2 is 2.04 bits per heavy atom. The lowest BCUT2D eigenvalue weighted by atomic mass is 10.2. The second-order valence-corrected chi connectivity index (χ2v) is 4.57. The maximum Gasteiger partial charge on any atom is 0.266 e. The molecule has 122 valence electrons. The maximum atomic E-state index is 13.3. The number of alkyl halides is 2. The number of halogens is 4. The summed E-state index contributed by atoms with van der Waals surface area (Å²) in [5.41, 5.74) is 5.84. The molecule has 2 heterocycles. The van der Waals surface area contributed by atoms with E-state index in [0.717, 1.165) is 12.1 Å². The van der Waals surface area contributed by atoms with Crippen LogP contribution < -0.4 is 5.73 Å². The zero-order chi connectivity index (χ0) is 15.7. The van der Waals surface area contributed by atoms with Gasteiger partial charge < -0.3 is 10.3 Å². The minimum absolute atomic E-state index is 0. The van der Waals surface area contributed by atoms with Crippen LogP contribution in [0.4, 0.5) is 19.1 Å². The second-order valence-electron chi connectivity index (χ2n) is 4.57. The summed E-state index contributed by atoms with van der Waals surface area (Å²) in [5, 5.41) is 7.78. The van der Waals surface area contributed by atoms with Crippen molar-refractivity contribution in [1.82, 2.24) is 24.5 Å². The number of hydrogen-bond donors (Lipinski definition) is 1. The van der Waals surface area contributed by atoms with Crippen molar-refractivity contribution in [2.45, 2.75) is 13.0 Å². The Balaban J connectivity index is 0.00000192. The van der Waals surface area contributed by atoms with Crippen LogP contribution in [-0.4, -0.2) is 24.5 Å². The van der Waals surface area contributed by atoms with Crippen LogP contribution in [0.2, 0.25) is 0 Å². The summed E-state index contributed by atoms with van der Waals surface area (Å²) < 4.78 is 41.7. The lowest BCUT2D eigenvalue weighted by Gasteiger charge is -2.05. The van der Waals surface area contributed by atoms with Crippen LogP contribution in [0.25, 0.3) is 5.69 Å². The Morgan fingerprint density at radius 3 is 2.70 bits per heavy atom. The fourth-order valence-electron chi connectivity index (χ4n) is 1.99. The molecule has 23 heavy (non-hydrogen) atoms. The van der Waals surface area contributed by atoms with Crippen LogP contribution in [0.3, 0.4) is 0 Å². The largest absolute Gasteiger partial charge is 0.369 e. The molecule has 0 aliphatic heterocycles. The van der Waals surface area contributed by atoms with E-state index in [-0.39, 0.29) is 12.4 Å². The third-order valence-corrected chi connectivity index (χ3v) is 3.10. The number of nitrogens with zero attached hydrogens (tertiary/aromatic N) is 5. The monoisotopic (exact) mass is 344 g/mol. The van der Waals surface area contributed by atoms with Crippen molar-refractivity contribution in [2.75, 3.05) is 5.73 Å². The lowest BCUT2D eigenvalue weighted by Crippen LogP contribution is -2.03. The van der Waals surface area contributed by atoms with Crippen LogP contribution in [0, 0.1) is 5.82 Å². The van der Waals surface area contributed by atoms with Gasteiger partial charge in [0.2, 0.25) is 0 Å². The van der Waals surface area contributed by atoms with Crippen molar-refractivity contribution in [3.05, 3.63) is 53.9 Å². The van der Waals surface area contributed by atoms with E-state index in [1.165, 1.54) is 10.7 Å². The molecular formula is C13H12ClF3N6. The quantitative estimate of drug-likeness (QED) is 0.789. The Bertz CT molecular complexity index is 801. The molecule has 0 atom stereocenters. The second kappa shape index (κ2) is 6.69. The number of imidazole rings is 1. The molecule has 3 aromatic rings. The van der Waals surface area contributed by atoms with Crippen molar-refractivity contribution in [3.63, 3.8) is 0 Å². The molecule has 0 aliphatic carbocycles. The van der Waals surface area contributed by atoms with Gasteiger partial charge >= 0.3 is 0 Å². The SMILES string of the molecule is Cl.Nc1nccn1Cc1cn(-c2ccc(F)c(C(F)F)c2)nn1. The molecule has 1 aromatic carbocycles. The highest BCUT2D eigenvalue weighted by atomic mass is 35.5. The molecule has 0 saturated carbocycles. The summed E-state index contributed by atoms with van der Waals surface area (Å²) in [5.74, 6) is -0.624. The van der Waals surface area contributed by atoms with E-state index in [2.05, 4.69) is 15.3 Å². The predicted octanol–water partition coefficient (Wildman–Crippen LogP) is 2.59. The highest BCUT2D eigenvalue weighted by molar-refractivity contribution is 5.85. The van der Waals surface area contributed by atoms with Gasteiger partial charge in [0.05, 0.1) is 24.0 Å². The van der Waals surface area contributed by atoms with Gasteiger partial charge in [0.25, 0.3) is 6.43 Å². The first-order valence-corrected chi connectivity index (χ1v) is 6.30. The van der Waals surface area contributed by atoms with E-state index < -0.39 is 17.8 Å². The van der Waals surface area contributed by atoms with Gasteiger partial charge in [-0.3, -0.25) is 0 Å². The van der Waals surface area contributed by atoms with Crippen LogP contribution >= 0.6 is 12.4 Å². The average molecular weight is 345 g/mol. The molecule has 6 nitrogen and oxygen atoms in total. The topological polar surface area (TPSA) is 74.5 Å². The molecule has 0 fully saturated rings. The van der Waals surface area contributed by atoms with Gasteiger partial charge in [-0.05, 0) is 18.2 Å². The molecule has 10 heteroatoms. The van der Waals surface area contributed by atoms with Gasteiger partial charge in [-0.15, -0.1) is 17.5 Å². The highest BCUT2D eigenvalue weighted by Gasteiger charge is 2.15. The van der Waals surface area contributed by atoms with Crippen LogP contribution in [0.1, 0.15) is 17.7 Å². The van der Waals surface area contributed by atoms with Gasteiger partial charge in [-0.1, -0.05) is 5.21 Å². The number of nitrogen functional groups attached to an aromatic ring is 1. The molecule has 0 aliphatic rings. The molecule has 0 bridgehead atoms. The first kappa shape index (κ1) is 16.8. The zero-order valence-corrected chi connectivity index (χ0v) is 12.4. The van der Waals surface area contributed by atoms with E-state index in [1.807, 2.05) is 0 Å². The smallest absolute Gasteiger partial charge is 0.266 e. The first-order chi connectivity index (χ1) is 10.5. The van der Waals surface area contributed by atoms with Crippen LogP contribution in [0.5, 0.6) is 0 Å². The van der Waals surface area contributed by atoms with E-state index in [9.17, 15) is 13.2 Å². The third kappa shape index (κ3) is 3.45. The highest BCUT2D eigenvalue weighted by Crippen LogP contribution is 2.24. The molecule has 3 rings (SSSR count). The lowest BCUT2D eigenvalue weighted by molar-refractivity contribution is 0.146. The van der Waals surface area contributed by atoms with Crippen molar-refractivity contribution < 1.29 is 13.2 Å². The first-order valence-electron chi connectivity index (χ1n) is 6.30. The van der Waals surface area contributed by atoms with Crippen LogP contribution in [0.15, 0.2) is 36.8 Å². The fraction of sp³-hybridized carbons (Fsp3) is 0.154. The molecule has 0 unspecified atom stereocenters. The summed E-state index contributed by atoms with van der Waals surface area (Å²) >= 11 is 0. The summed E-state index contributed by atoms with van der Waals surface area (Å²) in [7, 11) is 0. The van der Waals surface area contributed by atoms with E-state index in [4.69, 9.17) is 5.73 Å². The summed E-state index contributed by atoms with van der Waals surface area (Å²) in [6.45, 7) is 0.342. The minimum atomic E-state index is -2.89. The summed E-state index contributed by atoms with van der Waals surface area (Å²) in [6.07, 6.45) is 1.89. The average Bonchev–Trinajstić information content (AvgIpc) is 3.10. The number of hydrogen-bond acceptors (Lipinski definition) is 4. The van der Waals surface area contributed by atoms with Gasteiger partial charge in [-0.25, -0.2) is 22.8 Å². The number of rotatable bonds is 4. The van der Waals surface area contributed by atoms with Gasteiger partial charge in [0.15, 0.2) is 5.95 Å². The molecule has 2 N–H and O–H groups in total. The van der Waals surface area contributed by atoms with E-state index >= 15 is 0 Å². The number of aromatic nitrogens is 5. The van der Waals surface area contributed by atoms with E-state index in [1.54, 1.807) is 23.2 Å². The van der Waals surface area contributed by atoms with E-state index in [0.29, 0.717) is 23.9 Å². The molecule has 2 aromatic heterocycles. The molecule has 0 spiro atoms. The molecular weight excluding hydrogens is 333 g/mol. The number of anilines is 1. The number of benzene rings is 1. The Hall–Kier alpha value is -2.55. The van der Waals surface area contributed by atoms with Crippen LogP contribution in [-0.2, 0) is 6.54 Å². The third-order valence-electron chi connectivity index (χ3n) is 3.10. The zero-order valence-electron chi connectivity index (χ0n) is 11.6. The standard InChI is InChI=1S/C13H11F3N6.ClH/c14-11-2-1-9(5-10(11)12(15)16)22-7-8(19-20-22)6-21-4-3-18-13(21)17;/h1-5,7,12H,6H2,(H2,17,18);1H.